The maximum Gasteiger partial charge on any atom is 0.0641 e. The van der Waals surface area contributed by atoms with Crippen LogP contribution in [-0.4, -0.2) is 15.8 Å². The van der Waals surface area contributed by atoms with Crippen LogP contribution in [0.5, 0.6) is 0 Å². The van der Waals surface area contributed by atoms with Crippen LogP contribution < -0.4 is 5.32 Å². The van der Waals surface area contributed by atoms with Gasteiger partial charge in [0.25, 0.3) is 0 Å². The summed E-state index contributed by atoms with van der Waals surface area (Å²) >= 11 is 0. The highest BCUT2D eigenvalue weighted by Crippen LogP contribution is 2.23. The Morgan fingerprint density at radius 3 is 2.67 bits per heavy atom. The summed E-state index contributed by atoms with van der Waals surface area (Å²) in [5, 5.41) is 8.22. The second-order valence-electron chi connectivity index (χ2n) is 5.96. The van der Waals surface area contributed by atoms with Crippen LogP contribution in [0.2, 0.25) is 0 Å². The monoisotopic (exact) mass is 249 g/mol. The summed E-state index contributed by atoms with van der Waals surface area (Å²) in [6.07, 6.45) is 6.83. The molecule has 0 aromatic carbocycles. The normalized spacial score (nSPS) is 25.1. The number of hydrogen-bond acceptors (Lipinski definition) is 2. The quantitative estimate of drug-likeness (QED) is 0.834. The van der Waals surface area contributed by atoms with Crippen LogP contribution in [0.15, 0.2) is 0 Å². The lowest BCUT2D eigenvalue weighted by molar-refractivity contribution is 0.446. The fourth-order valence-corrected chi connectivity index (χ4v) is 3.01. The molecule has 0 spiro atoms. The zero-order valence-corrected chi connectivity index (χ0v) is 12.3. The van der Waals surface area contributed by atoms with Gasteiger partial charge < -0.3 is 5.32 Å². The number of nitrogens with one attached hydrogen (secondary N) is 1. The summed E-state index contributed by atoms with van der Waals surface area (Å²) in [5.74, 6) is 0.915. The molecule has 2 unspecified atom stereocenters. The number of rotatable bonds is 3. The summed E-state index contributed by atoms with van der Waals surface area (Å²) in [5.41, 5.74) is 3.85. The minimum absolute atomic E-state index is 0.703. The van der Waals surface area contributed by atoms with E-state index in [0.29, 0.717) is 6.04 Å². The van der Waals surface area contributed by atoms with E-state index >= 15 is 0 Å². The number of aromatic nitrogens is 2. The van der Waals surface area contributed by atoms with Crippen molar-refractivity contribution in [2.45, 2.75) is 65.5 Å². The molecule has 3 heteroatoms. The van der Waals surface area contributed by atoms with Gasteiger partial charge in [0.05, 0.1) is 5.69 Å². The van der Waals surface area contributed by atoms with E-state index in [9.17, 15) is 0 Å². The zero-order chi connectivity index (χ0) is 13.1. The van der Waals surface area contributed by atoms with Gasteiger partial charge in [-0.2, -0.15) is 5.10 Å². The number of nitrogens with zero attached hydrogens (tertiary/aromatic N) is 2. The molecular formula is C15H27N3. The molecule has 0 aliphatic heterocycles. The molecule has 102 valence electrons. The number of aryl methyl sites for hydroxylation is 2. The summed E-state index contributed by atoms with van der Waals surface area (Å²) in [6.45, 7) is 7.63. The van der Waals surface area contributed by atoms with E-state index < -0.39 is 0 Å². The van der Waals surface area contributed by atoms with Gasteiger partial charge >= 0.3 is 0 Å². The summed E-state index contributed by atoms with van der Waals surface area (Å²) in [6, 6.07) is 0.703. The van der Waals surface area contributed by atoms with Crippen molar-refractivity contribution in [3.63, 3.8) is 0 Å². The molecule has 1 heterocycles. The van der Waals surface area contributed by atoms with Crippen molar-refractivity contribution in [2.24, 2.45) is 13.0 Å². The first-order valence-corrected chi connectivity index (χ1v) is 7.30. The molecule has 18 heavy (non-hydrogen) atoms. The van der Waals surface area contributed by atoms with E-state index in [0.717, 1.165) is 12.5 Å². The van der Waals surface area contributed by atoms with Crippen molar-refractivity contribution in [1.29, 1.82) is 0 Å². The Hall–Kier alpha value is -0.830. The van der Waals surface area contributed by atoms with Gasteiger partial charge in [-0.25, -0.2) is 0 Å². The van der Waals surface area contributed by atoms with Gasteiger partial charge in [-0.1, -0.05) is 19.8 Å². The third-order valence-corrected chi connectivity index (χ3v) is 4.48. The molecule has 1 N–H and O–H groups in total. The maximum absolute atomic E-state index is 4.48. The van der Waals surface area contributed by atoms with E-state index in [4.69, 9.17) is 0 Å². The first-order chi connectivity index (χ1) is 8.58. The van der Waals surface area contributed by atoms with Crippen molar-refractivity contribution in [1.82, 2.24) is 15.1 Å². The Morgan fingerprint density at radius 2 is 2.00 bits per heavy atom. The summed E-state index contributed by atoms with van der Waals surface area (Å²) in [7, 11) is 2.03. The Morgan fingerprint density at radius 1 is 1.22 bits per heavy atom. The third-order valence-electron chi connectivity index (χ3n) is 4.48. The highest BCUT2D eigenvalue weighted by molar-refractivity contribution is 5.24. The van der Waals surface area contributed by atoms with E-state index in [1.165, 1.54) is 49.1 Å². The van der Waals surface area contributed by atoms with Gasteiger partial charge in [-0.3, -0.25) is 4.68 Å². The zero-order valence-electron chi connectivity index (χ0n) is 12.3. The predicted octanol–water partition coefficient (Wildman–Crippen LogP) is 3.10. The lowest BCUT2D eigenvalue weighted by atomic mass is 10.0. The van der Waals surface area contributed by atoms with Crippen molar-refractivity contribution in [3.05, 3.63) is 17.0 Å². The fourth-order valence-electron chi connectivity index (χ4n) is 3.01. The first-order valence-electron chi connectivity index (χ1n) is 7.30. The SMILES string of the molecule is Cc1nn(C)c(C)c1CNC1CCCC(C)CC1. The van der Waals surface area contributed by atoms with Gasteiger partial charge in [-0.15, -0.1) is 0 Å². The highest BCUT2D eigenvalue weighted by atomic mass is 15.3. The molecule has 1 aliphatic rings. The molecule has 0 bridgehead atoms. The molecule has 0 radical (unpaired) electrons. The van der Waals surface area contributed by atoms with Crippen molar-refractivity contribution in [3.8, 4) is 0 Å². The van der Waals surface area contributed by atoms with E-state index in [-0.39, 0.29) is 0 Å². The molecular weight excluding hydrogens is 222 g/mol. The minimum Gasteiger partial charge on any atom is -0.310 e. The van der Waals surface area contributed by atoms with E-state index in [1.807, 2.05) is 11.7 Å². The van der Waals surface area contributed by atoms with Crippen LogP contribution in [0.4, 0.5) is 0 Å². The van der Waals surface area contributed by atoms with Crippen LogP contribution in [-0.2, 0) is 13.6 Å². The average Bonchev–Trinajstić information content (AvgIpc) is 2.51. The molecule has 2 rings (SSSR count). The molecule has 1 aromatic rings. The van der Waals surface area contributed by atoms with Gasteiger partial charge in [0.1, 0.15) is 0 Å². The van der Waals surface area contributed by atoms with Crippen molar-refractivity contribution >= 4 is 0 Å². The van der Waals surface area contributed by atoms with Gasteiger partial charge in [0.15, 0.2) is 0 Å². The molecule has 2 atom stereocenters. The lowest BCUT2D eigenvalue weighted by Crippen LogP contribution is -2.28. The smallest absolute Gasteiger partial charge is 0.0641 e. The lowest BCUT2D eigenvalue weighted by Gasteiger charge is -2.16. The van der Waals surface area contributed by atoms with Crippen LogP contribution >= 0.6 is 0 Å². The molecule has 0 amide bonds. The molecule has 1 aliphatic carbocycles. The first kappa shape index (κ1) is 13.6. The summed E-state index contributed by atoms with van der Waals surface area (Å²) in [4.78, 5) is 0. The fraction of sp³-hybridized carbons (Fsp3) is 0.800. The molecule has 3 nitrogen and oxygen atoms in total. The Balaban J connectivity index is 1.91. The Kier molecular flexibility index (Phi) is 4.44. The molecule has 1 saturated carbocycles. The summed E-state index contributed by atoms with van der Waals surface area (Å²) < 4.78 is 1.99. The largest absolute Gasteiger partial charge is 0.310 e. The van der Waals surface area contributed by atoms with Crippen molar-refractivity contribution in [2.75, 3.05) is 0 Å². The third kappa shape index (κ3) is 3.14. The Bertz CT molecular complexity index is 395. The minimum atomic E-state index is 0.703. The number of hydrogen-bond donors (Lipinski definition) is 1. The van der Waals surface area contributed by atoms with Crippen LogP contribution in [0, 0.1) is 19.8 Å². The second kappa shape index (κ2) is 5.87. The van der Waals surface area contributed by atoms with Crippen LogP contribution in [0.1, 0.15) is 56.0 Å². The van der Waals surface area contributed by atoms with Gasteiger partial charge in [-0.05, 0) is 39.0 Å². The topological polar surface area (TPSA) is 29.9 Å². The standard InChI is InChI=1S/C15H27N3/c1-11-6-5-7-14(9-8-11)16-10-15-12(2)17-18(4)13(15)3/h11,14,16H,5-10H2,1-4H3. The van der Waals surface area contributed by atoms with E-state index in [2.05, 4.69) is 31.2 Å². The van der Waals surface area contributed by atoms with E-state index in [1.54, 1.807) is 0 Å². The van der Waals surface area contributed by atoms with Gasteiger partial charge in [0.2, 0.25) is 0 Å². The van der Waals surface area contributed by atoms with Crippen molar-refractivity contribution < 1.29 is 0 Å². The molecule has 1 fully saturated rings. The average molecular weight is 249 g/mol. The maximum atomic E-state index is 4.48. The second-order valence-corrected chi connectivity index (χ2v) is 5.96. The Labute approximate surface area is 111 Å². The van der Waals surface area contributed by atoms with Gasteiger partial charge in [0, 0.05) is 30.9 Å². The molecule has 0 saturated heterocycles. The molecule has 1 aromatic heterocycles. The predicted molar refractivity (Wildman–Crippen MR) is 75.6 cm³/mol. The highest BCUT2D eigenvalue weighted by Gasteiger charge is 2.17. The van der Waals surface area contributed by atoms with Crippen LogP contribution in [0.3, 0.4) is 0 Å². The van der Waals surface area contributed by atoms with Crippen LogP contribution in [0.25, 0.3) is 0 Å².